The van der Waals surface area contributed by atoms with Gasteiger partial charge in [-0.3, -0.25) is 4.79 Å². The zero-order chi connectivity index (χ0) is 13.9. The first kappa shape index (κ1) is 14.2. The first-order chi connectivity index (χ1) is 8.22. The molecule has 0 aromatic carbocycles. The van der Waals surface area contributed by atoms with Crippen LogP contribution in [0.15, 0.2) is 18.7 Å². The molecule has 0 bridgehead atoms. The minimum Gasteiger partial charge on any atom is -0.480 e. The van der Waals surface area contributed by atoms with Crippen LogP contribution >= 0.6 is 0 Å². The molecule has 0 aliphatic carbocycles. The molecule has 2 unspecified atom stereocenters. The zero-order valence-electron chi connectivity index (χ0n) is 10.5. The molecule has 0 saturated heterocycles. The van der Waals surface area contributed by atoms with Gasteiger partial charge in [0.25, 0.3) is 0 Å². The lowest BCUT2D eigenvalue weighted by Crippen LogP contribution is -2.45. The number of hydrogen-bond donors (Lipinski definition) is 2. The number of rotatable bonds is 4. The topological polar surface area (TPSA) is 107 Å². The normalized spacial score (nSPS) is 14.9. The Hall–Kier alpha value is -1.89. The van der Waals surface area contributed by atoms with E-state index in [-0.39, 0.29) is 0 Å². The summed E-state index contributed by atoms with van der Waals surface area (Å²) in [6.45, 7) is 5.09. The molecule has 7 heteroatoms. The van der Waals surface area contributed by atoms with Gasteiger partial charge in [0.15, 0.2) is 6.04 Å². The van der Waals surface area contributed by atoms with E-state index in [0.29, 0.717) is 0 Å². The summed E-state index contributed by atoms with van der Waals surface area (Å²) in [6.07, 6.45) is 4.24. The maximum absolute atomic E-state index is 12.0. The van der Waals surface area contributed by atoms with Crippen molar-refractivity contribution in [3.63, 3.8) is 0 Å². The molecule has 100 valence electrons. The number of nitrogens with two attached hydrogens (primary N) is 1. The van der Waals surface area contributed by atoms with Gasteiger partial charge >= 0.3 is 11.9 Å². The van der Waals surface area contributed by atoms with Crippen LogP contribution in [-0.2, 0) is 14.3 Å². The van der Waals surface area contributed by atoms with Crippen LogP contribution in [0.25, 0.3) is 0 Å². The van der Waals surface area contributed by atoms with Gasteiger partial charge in [-0.15, -0.1) is 0 Å². The van der Waals surface area contributed by atoms with E-state index in [4.69, 9.17) is 15.6 Å². The van der Waals surface area contributed by atoms with Crippen LogP contribution < -0.4 is 5.73 Å². The predicted molar refractivity (Wildman–Crippen MR) is 62.7 cm³/mol. The molecule has 1 aromatic rings. The van der Waals surface area contributed by atoms with Crippen molar-refractivity contribution in [2.75, 3.05) is 0 Å². The highest BCUT2D eigenvalue weighted by atomic mass is 16.6. The van der Waals surface area contributed by atoms with Crippen LogP contribution in [0.5, 0.6) is 0 Å². The number of nitrogens with zero attached hydrogens (tertiary/aromatic N) is 2. The molecule has 0 aliphatic rings. The Balaban J connectivity index is 2.99. The van der Waals surface area contributed by atoms with Gasteiger partial charge in [-0.2, -0.15) is 0 Å². The summed E-state index contributed by atoms with van der Waals surface area (Å²) in [5.41, 5.74) is 4.81. The zero-order valence-corrected chi connectivity index (χ0v) is 10.5. The van der Waals surface area contributed by atoms with E-state index in [1.54, 1.807) is 20.8 Å². The molecular weight excluding hydrogens is 238 g/mol. The maximum atomic E-state index is 12.0. The number of hydrogen-bond acceptors (Lipinski definition) is 5. The maximum Gasteiger partial charge on any atom is 0.331 e. The van der Waals surface area contributed by atoms with Crippen molar-refractivity contribution in [2.24, 2.45) is 5.73 Å². The highest BCUT2D eigenvalue weighted by Gasteiger charge is 2.35. The van der Waals surface area contributed by atoms with Crippen molar-refractivity contribution in [3.05, 3.63) is 18.7 Å². The van der Waals surface area contributed by atoms with Gasteiger partial charge in [0.1, 0.15) is 11.6 Å². The summed E-state index contributed by atoms with van der Waals surface area (Å²) in [5.74, 6) is -1.98. The van der Waals surface area contributed by atoms with E-state index in [1.807, 2.05) is 0 Å². The molecular formula is C11H17N3O4. The Bertz CT molecular complexity index is 422. The van der Waals surface area contributed by atoms with E-state index in [9.17, 15) is 9.59 Å². The standard InChI is InChI=1S/C11H17N3O4/c1-11(2,3)18-10(17)8(7(12)9(15)16)14-5-4-13-6-14/h4-8H,12H2,1-3H3,(H,15,16). The van der Waals surface area contributed by atoms with Crippen LogP contribution in [0.3, 0.4) is 0 Å². The Morgan fingerprint density at radius 1 is 1.44 bits per heavy atom. The lowest BCUT2D eigenvalue weighted by atomic mass is 10.1. The van der Waals surface area contributed by atoms with Crippen LogP contribution in [0.4, 0.5) is 0 Å². The van der Waals surface area contributed by atoms with E-state index in [1.165, 1.54) is 23.3 Å². The number of ether oxygens (including phenoxy) is 1. The number of carbonyl (C=O) groups excluding carboxylic acids is 1. The minimum absolute atomic E-state index is 0.699. The first-order valence-corrected chi connectivity index (χ1v) is 5.41. The highest BCUT2D eigenvalue weighted by Crippen LogP contribution is 2.17. The fourth-order valence-electron chi connectivity index (χ4n) is 1.38. The van der Waals surface area contributed by atoms with Crippen LogP contribution in [0.1, 0.15) is 26.8 Å². The van der Waals surface area contributed by atoms with Crippen LogP contribution in [0.2, 0.25) is 0 Å². The molecule has 1 aromatic heterocycles. The average Bonchev–Trinajstić information content (AvgIpc) is 2.67. The molecule has 0 aliphatic heterocycles. The van der Waals surface area contributed by atoms with Gasteiger partial charge in [0, 0.05) is 12.4 Å². The molecule has 0 spiro atoms. The number of aromatic nitrogens is 2. The molecule has 1 heterocycles. The van der Waals surface area contributed by atoms with Gasteiger partial charge in [0.05, 0.1) is 6.33 Å². The summed E-state index contributed by atoms with van der Waals surface area (Å²) in [5, 5.41) is 8.93. The first-order valence-electron chi connectivity index (χ1n) is 5.41. The minimum atomic E-state index is -1.39. The lowest BCUT2D eigenvalue weighted by Gasteiger charge is -2.26. The molecule has 2 atom stereocenters. The second-order valence-corrected chi connectivity index (χ2v) is 4.85. The summed E-state index contributed by atoms with van der Waals surface area (Å²) in [6, 6.07) is -2.53. The molecule has 3 N–H and O–H groups in total. The second kappa shape index (κ2) is 5.18. The Kier molecular flexibility index (Phi) is 4.07. The summed E-state index contributed by atoms with van der Waals surface area (Å²) in [4.78, 5) is 26.7. The molecule has 7 nitrogen and oxygen atoms in total. The van der Waals surface area contributed by atoms with Gasteiger partial charge in [-0.05, 0) is 20.8 Å². The van der Waals surface area contributed by atoms with E-state index in [0.717, 1.165) is 0 Å². The number of carbonyl (C=O) groups is 2. The van der Waals surface area contributed by atoms with Crippen LogP contribution in [-0.4, -0.2) is 38.2 Å². The van der Waals surface area contributed by atoms with Gasteiger partial charge in [-0.25, -0.2) is 9.78 Å². The van der Waals surface area contributed by atoms with Crippen molar-refractivity contribution >= 4 is 11.9 Å². The SMILES string of the molecule is CC(C)(C)OC(=O)C(C(N)C(=O)O)n1ccnc1. The lowest BCUT2D eigenvalue weighted by molar-refractivity contribution is -0.162. The summed E-state index contributed by atoms with van der Waals surface area (Å²) in [7, 11) is 0. The predicted octanol–water partition coefficient (Wildman–Crippen LogP) is 0.178. The molecule has 1 rings (SSSR count). The number of aliphatic carboxylic acids is 1. The summed E-state index contributed by atoms with van der Waals surface area (Å²) < 4.78 is 6.49. The quantitative estimate of drug-likeness (QED) is 0.743. The van der Waals surface area contributed by atoms with Crippen molar-refractivity contribution in [1.29, 1.82) is 0 Å². The third-order valence-corrected chi connectivity index (χ3v) is 2.12. The van der Waals surface area contributed by atoms with Crippen molar-refractivity contribution in [3.8, 4) is 0 Å². The number of carboxylic acids is 1. The highest BCUT2D eigenvalue weighted by molar-refractivity contribution is 5.85. The van der Waals surface area contributed by atoms with Crippen molar-refractivity contribution in [1.82, 2.24) is 9.55 Å². The Morgan fingerprint density at radius 2 is 2.06 bits per heavy atom. The molecule has 0 fully saturated rings. The third-order valence-electron chi connectivity index (χ3n) is 2.12. The third kappa shape index (κ3) is 3.56. The largest absolute Gasteiger partial charge is 0.480 e. The van der Waals surface area contributed by atoms with Gasteiger partial charge in [-0.1, -0.05) is 0 Å². The smallest absolute Gasteiger partial charge is 0.331 e. The number of imidazole rings is 1. The monoisotopic (exact) mass is 255 g/mol. The van der Waals surface area contributed by atoms with Crippen molar-refractivity contribution < 1.29 is 19.4 Å². The average molecular weight is 255 g/mol. The van der Waals surface area contributed by atoms with E-state index < -0.39 is 29.6 Å². The number of esters is 1. The van der Waals surface area contributed by atoms with Crippen molar-refractivity contribution in [2.45, 2.75) is 38.5 Å². The molecule has 18 heavy (non-hydrogen) atoms. The molecule has 0 radical (unpaired) electrons. The fourth-order valence-corrected chi connectivity index (χ4v) is 1.38. The van der Waals surface area contributed by atoms with Gasteiger partial charge < -0.3 is 20.1 Å². The molecule has 0 saturated carbocycles. The van der Waals surface area contributed by atoms with E-state index in [2.05, 4.69) is 4.98 Å². The Labute approximate surface area is 105 Å². The van der Waals surface area contributed by atoms with Crippen LogP contribution in [0, 0.1) is 0 Å². The van der Waals surface area contributed by atoms with Gasteiger partial charge in [0.2, 0.25) is 0 Å². The number of carboxylic acid groups (broad SMARTS) is 1. The molecule has 0 amide bonds. The Morgan fingerprint density at radius 3 is 2.44 bits per heavy atom. The van der Waals surface area contributed by atoms with E-state index >= 15 is 0 Å². The second-order valence-electron chi connectivity index (χ2n) is 4.85. The fraction of sp³-hybridized carbons (Fsp3) is 0.545. The summed E-state index contributed by atoms with van der Waals surface area (Å²) >= 11 is 0.